The summed E-state index contributed by atoms with van der Waals surface area (Å²) in [6.45, 7) is 7.49. The van der Waals surface area contributed by atoms with E-state index < -0.39 is 5.82 Å². The quantitative estimate of drug-likeness (QED) is 0.334. The van der Waals surface area contributed by atoms with Gasteiger partial charge >= 0.3 is 0 Å². The van der Waals surface area contributed by atoms with Crippen molar-refractivity contribution in [3.05, 3.63) is 87.7 Å². The lowest BCUT2D eigenvalue weighted by molar-refractivity contribution is 0.0945. The molecule has 4 aromatic rings. The molecule has 0 saturated heterocycles. The van der Waals surface area contributed by atoms with E-state index in [2.05, 4.69) is 50.8 Å². The first-order valence-corrected chi connectivity index (χ1v) is 12.8. The molecule has 1 aliphatic heterocycles. The number of carbonyl (C=O) groups is 1. The van der Waals surface area contributed by atoms with Crippen LogP contribution in [0.1, 0.15) is 50.9 Å². The topological polar surface area (TPSA) is 99.3 Å². The predicted octanol–water partition coefficient (Wildman–Crippen LogP) is 3.38. The summed E-state index contributed by atoms with van der Waals surface area (Å²) in [7, 11) is 2.95. The Balaban J connectivity index is 1.36. The van der Waals surface area contributed by atoms with Crippen molar-refractivity contribution < 1.29 is 18.7 Å². The standard InChI is InChI=1S/C28H32FN7O3/c1-5-34-14-20-7-6-19(10-21(20)15-34)13-35-16-23(24(32-35)17-38-3)28(37)30-11-22-25(36-12-18(2)31-33-36)8-9-26(39-4)27(22)29/h6-10,12,16H,5,11,13-15,17H2,1-4H3,(H,30,37). The van der Waals surface area contributed by atoms with Gasteiger partial charge in [-0.15, -0.1) is 5.10 Å². The Morgan fingerprint density at radius 3 is 2.67 bits per heavy atom. The van der Waals surface area contributed by atoms with Crippen molar-refractivity contribution in [2.24, 2.45) is 0 Å². The number of aryl methyl sites for hydroxylation is 1. The monoisotopic (exact) mass is 533 g/mol. The van der Waals surface area contributed by atoms with Crippen LogP contribution in [0.25, 0.3) is 5.69 Å². The molecule has 1 aliphatic rings. The minimum atomic E-state index is -0.575. The SMILES string of the molecule is CCN1Cc2ccc(Cn3cc(C(=O)NCc4c(-n5cc(C)nn5)ccc(OC)c4F)c(COC)n3)cc2C1. The van der Waals surface area contributed by atoms with Crippen LogP contribution in [0, 0.1) is 12.7 Å². The average molecular weight is 534 g/mol. The number of amides is 1. The third kappa shape index (κ3) is 5.55. The zero-order valence-corrected chi connectivity index (χ0v) is 22.6. The molecule has 0 fully saturated rings. The molecular weight excluding hydrogens is 501 g/mol. The molecule has 1 N–H and O–H groups in total. The van der Waals surface area contributed by atoms with Crippen molar-refractivity contribution >= 4 is 5.91 Å². The van der Waals surface area contributed by atoms with Gasteiger partial charge in [0.25, 0.3) is 5.91 Å². The summed E-state index contributed by atoms with van der Waals surface area (Å²) in [4.78, 5) is 15.7. The summed E-state index contributed by atoms with van der Waals surface area (Å²) in [5, 5.41) is 15.5. The van der Waals surface area contributed by atoms with Gasteiger partial charge in [-0.1, -0.05) is 30.3 Å². The minimum absolute atomic E-state index is 0.0733. The summed E-state index contributed by atoms with van der Waals surface area (Å²) in [5.74, 6) is -0.887. The zero-order chi connectivity index (χ0) is 27.5. The number of ether oxygens (including phenoxy) is 2. The van der Waals surface area contributed by atoms with Crippen LogP contribution in [-0.2, 0) is 37.5 Å². The van der Waals surface area contributed by atoms with Gasteiger partial charge < -0.3 is 14.8 Å². The number of halogens is 1. The molecule has 0 atom stereocenters. The number of nitrogens with one attached hydrogen (secondary N) is 1. The third-order valence-corrected chi connectivity index (χ3v) is 6.90. The molecule has 1 amide bonds. The first-order valence-electron chi connectivity index (χ1n) is 12.8. The molecule has 2 aromatic heterocycles. The number of rotatable bonds is 10. The van der Waals surface area contributed by atoms with Crippen LogP contribution in [0.5, 0.6) is 5.75 Å². The lowest BCUT2D eigenvalue weighted by Gasteiger charge is -2.14. The molecule has 0 unspecified atom stereocenters. The van der Waals surface area contributed by atoms with E-state index in [9.17, 15) is 4.79 Å². The highest BCUT2D eigenvalue weighted by Gasteiger charge is 2.21. The Kier molecular flexibility index (Phi) is 7.71. The van der Waals surface area contributed by atoms with E-state index in [0.29, 0.717) is 29.2 Å². The zero-order valence-electron chi connectivity index (χ0n) is 22.6. The van der Waals surface area contributed by atoms with Gasteiger partial charge in [-0.05, 0) is 42.3 Å². The highest BCUT2D eigenvalue weighted by molar-refractivity contribution is 5.95. The lowest BCUT2D eigenvalue weighted by atomic mass is 10.1. The number of benzene rings is 2. The molecule has 204 valence electrons. The van der Waals surface area contributed by atoms with Gasteiger partial charge in [0, 0.05) is 38.5 Å². The van der Waals surface area contributed by atoms with Crippen LogP contribution in [0.3, 0.4) is 0 Å². The van der Waals surface area contributed by atoms with E-state index in [4.69, 9.17) is 9.47 Å². The summed E-state index contributed by atoms with van der Waals surface area (Å²) >= 11 is 0. The maximum absolute atomic E-state index is 15.3. The molecule has 2 aromatic carbocycles. The van der Waals surface area contributed by atoms with Crippen molar-refractivity contribution in [1.82, 2.24) is 35.0 Å². The smallest absolute Gasteiger partial charge is 0.255 e. The van der Waals surface area contributed by atoms with Crippen LogP contribution in [0.2, 0.25) is 0 Å². The molecular formula is C28H32FN7O3. The molecule has 0 spiro atoms. The molecule has 11 heteroatoms. The van der Waals surface area contributed by atoms with Gasteiger partial charge in [-0.25, -0.2) is 9.07 Å². The maximum Gasteiger partial charge on any atom is 0.255 e. The van der Waals surface area contributed by atoms with Crippen LogP contribution >= 0.6 is 0 Å². The number of fused-ring (bicyclic) bond motifs is 1. The molecule has 0 bridgehead atoms. The summed E-state index contributed by atoms with van der Waals surface area (Å²) in [6.07, 6.45) is 3.39. The number of aromatic nitrogens is 5. The van der Waals surface area contributed by atoms with Crippen molar-refractivity contribution in [3.8, 4) is 11.4 Å². The molecule has 0 radical (unpaired) electrons. The second kappa shape index (κ2) is 11.3. The van der Waals surface area contributed by atoms with Crippen LogP contribution in [-0.4, -0.2) is 56.3 Å². The lowest BCUT2D eigenvalue weighted by Crippen LogP contribution is -2.25. The molecule has 39 heavy (non-hydrogen) atoms. The summed E-state index contributed by atoms with van der Waals surface area (Å²) < 4.78 is 29.0. The highest BCUT2D eigenvalue weighted by atomic mass is 19.1. The van der Waals surface area contributed by atoms with Crippen molar-refractivity contribution in [3.63, 3.8) is 0 Å². The van der Waals surface area contributed by atoms with Crippen LogP contribution in [0.15, 0.2) is 42.7 Å². The Labute approximate surface area is 226 Å². The first-order chi connectivity index (χ1) is 18.9. The minimum Gasteiger partial charge on any atom is -0.494 e. The Bertz CT molecular complexity index is 1500. The largest absolute Gasteiger partial charge is 0.494 e. The molecule has 0 saturated carbocycles. The normalized spacial score (nSPS) is 13.1. The molecule has 5 rings (SSSR count). The van der Waals surface area contributed by atoms with Crippen LogP contribution < -0.4 is 10.1 Å². The van der Waals surface area contributed by atoms with Gasteiger partial charge in [-0.2, -0.15) is 5.10 Å². The van der Waals surface area contributed by atoms with E-state index in [-0.39, 0.29) is 30.4 Å². The molecule has 10 nitrogen and oxygen atoms in total. The molecule has 3 heterocycles. The number of nitrogens with zero attached hydrogens (tertiary/aromatic N) is 6. The Hall–Kier alpha value is -4.09. The average Bonchev–Trinajstić information content (AvgIpc) is 3.65. The second-order valence-corrected chi connectivity index (χ2v) is 9.59. The van der Waals surface area contributed by atoms with E-state index in [0.717, 1.165) is 25.2 Å². The van der Waals surface area contributed by atoms with Gasteiger partial charge in [0.15, 0.2) is 11.6 Å². The fraction of sp³-hybridized carbons (Fsp3) is 0.357. The highest BCUT2D eigenvalue weighted by Crippen LogP contribution is 2.27. The van der Waals surface area contributed by atoms with E-state index in [1.165, 1.54) is 29.0 Å². The third-order valence-electron chi connectivity index (χ3n) is 6.90. The van der Waals surface area contributed by atoms with E-state index >= 15 is 4.39 Å². The van der Waals surface area contributed by atoms with Crippen molar-refractivity contribution in [2.45, 2.75) is 46.6 Å². The van der Waals surface area contributed by atoms with Crippen LogP contribution in [0.4, 0.5) is 4.39 Å². The Morgan fingerprint density at radius 1 is 1.13 bits per heavy atom. The fourth-order valence-electron chi connectivity index (χ4n) is 4.86. The molecule has 0 aliphatic carbocycles. The van der Waals surface area contributed by atoms with E-state index in [1.807, 2.05) is 0 Å². The van der Waals surface area contributed by atoms with Crippen molar-refractivity contribution in [1.29, 1.82) is 0 Å². The second-order valence-electron chi connectivity index (χ2n) is 9.59. The first kappa shape index (κ1) is 26.5. The number of methoxy groups -OCH3 is 2. The van der Waals surface area contributed by atoms with Gasteiger partial charge in [0.05, 0.1) is 43.4 Å². The van der Waals surface area contributed by atoms with Crippen molar-refractivity contribution in [2.75, 3.05) is 20.8 Å². The van der Waals surface area contributed by atoms with Gasteiger partial charge in [0.1, 0.15) is 5.69 Å². The van der Waals surface area contributed by atoms with Gasteiger partial charge in [0.2, 0.25) is 0 Å². The fourth-order valence-corrected chi connectivity index (χ4v) is 4.86. The van der Waals surface area contributed by atoms with Gasteiger partial charge in [-0.3, -0.25) is 14.4 Å². The van der Waals surface area contributed by atoms with E-state index in [1.54, 1.807) is 37.2 Å². The summed E-state index contributed by atoms with van der Waals surface area (Å²) in [5.41, 5.74) is 6.04. The maximum atomic E-state index is 15.3. The summed E-state index contributed by atoms with van der Waals surface area (Å²) in [6, 6.07) is 9.69. The number of hydrogen-bond acceptors (Lipinski definition) is 7. The number of carbonyl (C=O) groups excluding carboxylic acids is 1. The Morgan fingerprint density at radius 2 is 1.95 bits per heavy atom. The number of hydrogen-bond donors (Lipinski definition) is 1. The predicted molar refractivity (Wildman–Crippen MR) is 142 cm³/mol.